The van der Waals surface area contributed by atoms with Gasteiger partial charge in [-0.25, -0.2) is 0 Å². The number of benzene rings is 1. The van der Waals surface area contributed by atoms with Crippen molar-refractivity contribution in [1.82, 2.24) is 10.5 Å². The molecule has 5 nitrogen and oxygen atoms in total. The minimum Gasteiger partial charge on any atom is -0.493 e. The van der Waals surface area contributed by atoms with Crippen molar-refractivity contribution in [3.8, 4) is 11.5 Å². The lowest BCUT2D eigenvalue weighted by atomic mass is 10.1. The summed E-state index contributed by atoms with van der Waals surface area (Å²) in [6.07, 6.45) is 2.71. The number of nitrogens with zero attached hydrogens (tertiary/aromatic N) is 1. The summed E-state index contributed by atoms with van der Waals surface area (Å²) in [7, 11) is 1.64. The SMILES string of the molecule is CCCNC(C)c1ccc(OCc2ccno2)c(OC)c1. The number of hydrogen-bond donors (Lipinski definition) is 1. The highest BCUT2D eigenvalue weighted by atomic mass is 16.5. The molecule has 2 aromatic rings. The van der Waals surface area contributed by atoms with E-state index in [1.54, 1.807) is 19.4 Å². The second kappa shape index (κ2) is 7.69. The molecule has 0 radical (unpaired) electrons. The molecule has 1 aromatic heterocycles. The maximum atomic E-state index is 5.71. The summed E-state index contributed by atoms with van der Waals surface area (Å²) in [5.41, 5.74) is 1.17. The fraction of sp³-hybridized carbons (Fsp3) is 0.438. The van der Waals surface area contributed by atoms with Crippen molar-refractivity contribution in [1.29, 1.82) is 0 Å². The van der Waals surface area contributed by atoms with E-state index in [4.69, 9.17) is 14.0 Å². The van der Waals surface area contributed by atoms with Crippen molar-refractivity contribution in [2.75, 3.05) is 13.7 Å². The van der Waals surface area contributed by atoms with Gasteiger partial charge in [-0.3, -0.25) is 0 Å². The van der Waals surface area contributed by atoms with Gasteiger partial charge in [-0.1, -0.05) is 18.1 Å². The summed E-state index contributed by atoms with van der Waals surface area (Å²) in [5, 5.41) is 7.10. The highest BCUT2D eigenvalue weighted by molar-refractivity contribution is 5.43. The Labute approximate surface area is 125 Å². The van der Waals surface area contributed by atoms with Gasteiger partial charge < -0.3 is 19.3 Å². The van der Waals surface area contributed by atoms with Crippen LogP contribution < -0.4 is 14.8 Å². The van der Waals surface area contributed by atoms with Crippen LogP contribution in [0, 0.1) is 0 Å². The van der Waals surface area contributed by atoms with Crippen molar-refractivity contribution >= 4 is 0 Å². The molecule has 0 saturated carbocycles. The van der Waals surface area contributed by atoms with Crippen LogP contribution in [-0.4, -0.2) is 18.8 Å². The molecule has 0 aliphatic carbocycles. The van der Waals surface area contributed by atoms with Crippen molar-refractivity contribution in [2.24, 2.45) is 0 Å². The van der Waals surface area contributed by atoms with E-state index < -0.39 is 0 Å². The van der Waals surface area contributed by atoms with E-state index in [-0.39, 0.29) is 6.04 Å². The predicted octanol–water partition coefficient (Wildman–Crippen LogP) is 3.32. The number of ether oxygens (including phenoxy) is 2. The molecule has 0 spiro atoms. The van der Waals surface area contributed by atoms with Gasteiger partial charge in [0.15, 0.2) is 17.3 Å². The van der Waals surface area contributed by atoms with Gasteiger partial charge in [0.2, 0.25) is 0 Å². The Morgan fingerprint density at radius 2 is 2.14 bits per heavy atom. The van der Waals surface area contributed by atoms with E-state index in [2.05, 4.69) is 24.3 Å². The Morgan fingerprint density at radius 3 is 2.81 bits per heavy atom. The molecule has 1 N–H and O–H groups in total. The van der Waals surface area contributed by atoms with Gasteiger partial charge >= 0.3 is 0 Å². The third kappa shape index (κ3) is 4.23. The van der Waals surface area contributed by atoms with E-state index in [1.165, 1.54) is 5.56 Å². The summed E-state index contributed by atoms with van der Waals surface area (Å²) in [6, 6.07) is 8.03. The first-order chi connectivity index (χ1) is 10.2. The van der Waals surface area contributed by atoms with Crippen LogP contribution in [0.25, 0.3) is 0 Å². The minimum atomic E-state index is 0.280. The van der Waals surface area contributed by atoms with Gasteiger partial charge in [0.05, 0.1) is 13.3 Å². The summed E-state index contributed by atoms with van der Waals surface area (Å²) in [4.78, 5) is 0. The number of rotatable bonds is 8. The molecule has 21 heavy (non-hydrogen) atoms. The van der Waals surface area contributed by atoms with E-state index in [9.17, 15) is 0 Å². The van der Waals surface area contributed by atoms with Crippen molar-refractivity contribution in [3.05, 3.63) is 41.8 Å². The molecule has 0 aliphatic rings. The molecule has 1 atom stereocenters. The van der Waals surface area contributed by atoms with E-state index in [1.807, 2.05) is 18.2 Å². The molecular weight excluding hydrogens is 268 g/mol. The topological polar surface area (TPSA) is 56.5 Å². The molecule has 0 amide bonds. The molecule has 0 saturated heterocycles. The van der Waals surface area contributed by atoms with Crippen LogP contribution in [0.4, 0.5) is 0 Å². The summed E-state index contributed by atoms with van der Waals surface area (Å²) < 4.78 is 16.1. The Balaban J connectivity index is 2.05. The third-order valence-corrected chi connectivity index (χ3v) is 3.25. The molecule has 1 unspecified atom stereocenters. The fourth-order valence-electron chi connectivity index (χ4n) is 2.02. The monoisotopic (exact) mass is 290 g/mol. The number of hydrogen-bond acceptors (Lipinski definition) is 5. The Kier molecular flexibility index (Phi) is 5.63. The Bertz CT molecular complexity index is 540. The minimum absolute atomic E-state index is 0.280. The first kappa shape index (κ1) is 15.4. The zero-order valence-electron chi connectivity index (χ0n) is 12.8. The Hall–Kier alpha value is -2.01. The second-order valence-electron chi connectivity index (χ2n) is 4.85. The normalized spacial score (nSPS) is 12.1. The van der Waals surface area contributed by atoms with Crippen molar-refractivity contribution < 1.29 is 14.0 Å². The first-order valence-electron chi connectivity index (χ1n) is 7.18. The third-order valence-electron chi connectivity index (χ3n) is 3.25. The smallest absolute Gasteiger partial charge is 0.174 e. The quantitative estimate of drug-likeness (QED) is 0.808. The molecule has 5 heteroatoms. The van der Waals surface area contributed by atoms with Crippen LogP contribution in [0.3, 0.4) is 0 Å². The molecule has 114 valence electrons. The zero-order chi connectivity index (χ0) is 15.1. The molecule has 0 fully saturated rings. The van der Waals surface area contributed by atoms with Gasteiger partial charge in [0, 0.05) is 12.1 Å². The second-order valence-corrected chi connectivity index (χ2v) is 4.85. The van der Waals surface area contributed by atoms with E-state index in [0.29, 0.717) is 18.1 Å². The lowest BCUT2D eigenvalue weighted by Gasteiger charge is -2.16. The summed E-state index contributed by atoms with van der Waals surface area (Å²) >= 11 is 0. The van der Waals surface area contributed by atoms with Gasteiger partial charge in [-0.15, -0.1) is 0 Å². The van der Waals surface area contributed by atoms with Gasteiger partial charge in [-0.05, 0) is 37.6 Å². The highest BCUT2D eigenvalue weighted by Crippen LogP contribution is 2.30. The Morgan fingerprint density at radius 1 is 1.29 bits per heavy atom. The molecule has 2 rings (SSSR count). The zero-order valence-corrected chi connectivity index (χ0v) is 12.8. The van der Waals surface area contributed by atoms with Crippen LogP contribution >= 0.6 is 0 Å². The maximum absolute atomic E-state index is 5.71. The number of aromatic nitrogens is 1. The standard InChI is InChI=1S/C16H22N2O3/c1-4-8-17-12(2)13-5-6-15(16(10-13)19-3)20-11-14-7-9-18-21-14/h5-7,9-10,12,17H,4,8,11H2,1-3H3. The number of methoxy groups -OCH3 is 1. The molecule has 0 aliphatic heterocycles. The largest absolute Gasteiger partial charge is 0.493 e. The van der Waals surface area contributed by atoms with E-state index in [0.717, 1.165) is 18.7 Å². The van der Waals surface area contributed by atoms with Crippen LogP contribution in [0.1, 0.15) is 37.6 Å². The van der Waals surface area contributed by atoms with E-state index >= 15 is 0 Å². The van der Waals surface area contributed by atoms with Crippen LogP contribution in [0.2, 0.25) is 0 Å². The van der Waals surface area contributed by atoms with Crippen molar-refractivity contribution in [3.63, 3.8) is 0 Å². The lowest BCUT2D eigenvalue weighted by Crippen LogP contribution is -2.19. The predicted molar refractivity (Wildman–Crippen MR) is 80.5 cm³/mol. The van der Waals surface area contributed by atoms with Crippen LogP contribution in [0.5, 0.6) is 11.5 Å². The van der Waals surface area contributed by atoms with Crippen LogP contribution in [-0.2, 0) is 6.61 Å². The van der Waals surface area contributed by atoms with Gasteiger partial charge in [0.1, 0.15) is 6.61 Å². The number of nitrogens with one attached hydrogen (secondary N) is 1. The van der Waals surface area contributed by atoms with Crippen molar-refractivity contribution in [2.45, 2.75) is 32.9 Å². The molecular formula is C16H22N2O3. The maximum Gasteiger partial charge on any atom is 0.174 e. The van der Waals surface area contributed by atoms with Crippen LogP contribution in [0.15, 0.2) is 35.0 Å². The lowest BCUT2D eigenvalue weighted by molar-refractivity contribution is 0.239. The average Bonchev–Trinajstić information content (AvgIpc) is 3.03. The first-order valence-corrected chi connectivity index (χ1v) is 7.18. The molecule has 0 bridgehead atoms. The van der Waals surface area contributed by atoms with Gasteiger partial charge in [0.25, 0.3) is 0 Å². The summed E-state index contributed by atoms with van der Waals surface area (Å²) in [5.74, 6) is 2.09. The average molecular weight is 290 g/mol. The fourth-order valence-corrected chi connectivity index (χ4v) is 2.02. The molecule has 1 aromatic carbocycles. The summed E-state index contributed by atoms with van der Waals surface area (Å²) in [6.45, 7) is 5.62. The highest BCUT2D eigenvalue weighted by Gasteiger charge is 2.11. The molecule has 1 heterocycles. The van der Waals surface area contributed by atoms with Gasteiger partial charge in [-0.2, -0.15) is 0 Å².